The standard InChI is InChI=1S/C14H20O3/c1-3-11(2)7-6-10-17-13-9-5-4-8-12(13)14(15)16/h4-5,8-9,11H,3,6-7,10H2,1-2H3,(H,15,16)/t11-/m0/s1. The van der Waals surface area contributed by atoms with Gasteiger partial charge in [0.2, 0.25) is 0 Å². The van der Waals surface area contributed by atoms with Gasteiger partial charge in [0.05, 0.1) is 6.61 Å². The van der Waals surface area contributed by atoms with Crippen LogP contribution in [0, 0.1) is 5.92 Å². The number of benzene rings is 1. The van der Waals surface area contributed by atoms with E-state index in [0.29, 0.717) is 18.3 Å². The third-order valence-electron chi connectivity index (χ3n) is 2.91. The van der Waals surface area contributed by atoms with E-state index in [1.54, 1.807) is 24.3 Å². The largest absolute Gasteiger partial charge is 0.493 e. The van der Waals surface area contributed by atoms with Crippen LogP contribution in [-0.2, 0) is 0 Å². The topological polar surface area (TPSA) is 46.5 Å². The van der Waals surface area contributed by atoms with E-state index >= 15 is 0 Å². The van der Waals surface area contributed by atoms with Crippen molar-refractivity contribution in [2.24, 2.45) is 5.92 Å². The summed E-state index contributed by atoms with van der Waals surface area (Å²) in [6.45, 7) is 4.96. The minimum atomic E-state index is -0.942. The fourth-order valence-electron chi connectivity index (χ4n) is 1.59. The molecule has 1 aromatic rings. The predicted molar refractivity (Wildman–Crippen MR) is 67.6 cm³/mol. The van der Waals surface area contributed by atoms with Gasteiger partial charge in [-0.2, -0.15) is 0 Å². The number of para-hydroxylation sites is 1. The van der Waals surface area contributed by atoms with Crippen molar-refractivity contribution in [3.05, 3.63) is 29.8 Å². The van der Waals surface area contributed by atoms with E-state index < -0.39 is 5.97 Å². The van der Waals surface area contributed by atoms with Crippen molar-refractivity contribution >= 4 is 5.97 Å². The van der Waals surface area contributed by atoms with Crippen LogP contribution in [-0.4, -0.2) is 17.7 Å². The summed E-state index contributed by atoms with van der Waals surface area (Å²) < 4.78 is 5.51. The van der Waals surface area contributed by atoms with Gasteiger partial charge in [-0.15, -0.1) is 0 Å². The van der Waals surface area contributed by atoms with Gasteiger partial charge in [0, 0.05) is 0 Å². The van der Waals surface area contributed by atoms with E-state index in [9.17, 15) is 4.79 Å². The maximum absolute atomic E-state index is 10.9. The molecule has 0 heterocycles. The van der Waals surface area contributed by atoms with Crippen LogP contribution in [0.5, 0.6) is 5.75 Å². The smallest absolute Gasteiger partial charge is 0.339 e. The highest BCUT2D eigenvalue weighted by atomic mass is 16.5. The Hall–Kier alpha value is -1.51. The number of hydrogen-bond donors (Lipinski definition) is 1. The molecule has 0 amide bonds. The second kappa shape index (κ2) is 6.94. The van der Waals surface area contributed by atoms with E-state index in [2.05, 4.69) is 13.8 Å². The molecule has 94 valence electrons. The Morgan fingerprint density at radius 1 is 1.41 bits per heavy atom. The Labute approximate surface area is 102 Å². The molecule has 0 unspecified atom stereocenters. The third-order valence-corrected chi connectivity index (χ3v) is 2.91. The summed E-state index contributed by atoms with van der Waals surface area (Å²) in [7, 11) is 0. The van der Waals surface area contributed by atoms with Crippen molar-refractivity contribution in [1.82, 2.24) is 0 Å². The van der Waals surface area contributed by atoms with Crippen molar-refractivity contribution in [1.29, 1.82) is 0 Å². The minimum absolute atomic E-state index is 0.232. The van der Waals surface area contributed by atoms with Crippen LogP contribution in [0.15, 0.2) is 24.3 Å². The molecule has 0 aliphatic rings. The first-order valence-electron chi connectivity index (χ1n) is 6.10. The molecule has 0 aliphatic heterocycles. The van der Waals surface area contributed by atoms with Crippen molar-refractivity contribution in [2.45, 2.75) is 33.1 Å². The molecular weight excluding hydrogens is 216 g/mol. The van der Waals surface area contributed by atoms with Crippen molar-refractivity contribution in [2.75, 3.05) is 6.61 Å². The zero-order valence-corrected chi connectivity index (χ0v) is 10.5. The number of carboxylic acids is 1. The Morgan fingerprint density at radius 2 is 2.12 bits per heavy atom. The average molecular weight is 236 g/mol. The maximum atomic E-state index is 10.9. The van der Waals surface area contributed by atoms with Crippen molar-refractivity contribution in [3.8, 4) is 5.75 Å². The summed E-state index contributed by atoms with van der Waals surface area (Å²) in [4.78, 5) is 10.9. The summed E-state index contributed by atoms with van der Waals surface area (Å²) in [5.74, 6) is 0.222. The van der Waals surface area contributed by atoms with E-state index in [1.807, 2.05) is 0 Å². The fraction of sp³-hybridized carbons (Fsp3) is 0.500. The molecule has 17 heavy (non-hydrogen) atoms. The lowest BCUT2D eigenvalue weighted by molar-refractivity contribution is 0.0692. The Balaban J connectivity index is 2.44. The third kappa shape index (κ3) is 4.47. The zero-order valence-electron chi connectivity index (χ0n) is 10.5. The number of carboxylic acid groups (broad SMARTS) is 1. The molecule has 3 heteroatoms. The lowest BCUT2D eigenvalue weighted by Crippen LogP contribution is -2.05. The molecule has 0 spiro atoms. The maximum Gasteiger partial charge on any atom is 0.339 e. The number of rotatable bonds is 7. The fourth-order valence-corrected chi connectivity index (χ4v) is 1.59. The number of ether oxygens (including phenoxy) is 1. The van der Waals surface area contributed by atoms with Gasteiger partial charge >= 0.3 is 5.97 Å². The molecule has 0 fully saturated rings. The van der Waals surface area contributed by atoms with E-state index in [1.165, 1.54) is 6.42 Å². The highest BCUT2D eigenvalue weighted by Gasteiger charge is 2.09. The summed E-state index contributed by atoms with van der Waals surface area (Å²) in [6, 6.07) is 6.75. The minimum Gasteiger partial charge on any atom is -0.493 e. The Kier molecular flexibility index (Phi) is 5.53. The SMILES string of the molecule is CC[C@H](C)CCCOc1ccccc1C(=O)O. The number of hydrogen-bond acceptors (Lipinski definition) is 2. The van der Waals surface area contributed by atoms with Gasteiger partial charge in [0.1, 0.15) is 11.3 Å². The van der Waals surface area contributed by atoms with Gasteiger partial charge in [-0.3, -0.25) is 0 Å². The molecule has 1 atom stereocenters. The first kappa shape index (κ1) is 13.6. The molecule has 0 bridgehead atoms. The lowest BCUT2D eigenvalue weighted by atomic mass is 10.0. The van der Waals surface area contributed by atoms with E-state index in [-0.39, 0.29) is 5.56 Å². The predicted octanol–water partition coefficient (Wildman–Crippen LogP) is 3.59. The van der Waals surface area contributed by atoms with Crippen LogP contribution in [0.25, 0.3) is 0 Å². The van der Waals surface area contributed by atoms with E-state index in [0.717, 1.165) is 12.8 Å². The second-order valence-corrected chi connectivity index (χ2v) is 4.31. The molecule has 1 rings (SSSR count). The van der Waals surface area contributed by atoms with Gasteiger partial charge in [-0.05, 0) is 30.9 Å². The molecule has 0 radical (unpaired) electrons. The van der Waals surface area contributed by atoms with Gasteiger partial charge < -0.3 is 9.84 Å². The van der Waals surface area contributed by atoms with Crippen LogP contribution >= 0.6 is 0 Å². The molecule has 1 N–H and O–H groups in total. The average Bonchev–Trinajstić information content (AvgIpc) is 2.34. The molecule has 0 aliphatic carbocycles. The van der Waals surface area contributed by atoms with Gasteiger partial charge in [-0.1, -0.05) is 32.4 Å². The quantitative estimate of drug-likeness (QED) is 0.736. The van der Waals surface area contributed by atoms with Crippen LogP contribution in [0.3, 0.4) is 0 Å². The first-order chi connectivity index (χ1) is 8.15. The highest BCUT2D eigenvalue weighted by Crippen LogP contribution is 2.18. The van der Waals surface area contributed by atoms with Crippen molar-refractivity contribution < 1.29 is 14.6 Å². The van der Waals surface area contributed by atoms with Crippen LogP contribution in [0.4, 0.5) is 0 Å². The van der Waals surface area contributed by atoms with Crippen LogP contribution in [0.2, 0.25) is 0 Å². The Bertz CT molecular complexity index is 360. The van der Waals surface area contributed by atoms with Gasteiger partial charge in [0.25, 0.3) is 0 Å². The number of carbonyl (C=O) groups is 1. The molecule has 3 nitrogen and oxygen atoms in total. The second-order valence-electron chi connectivity index (χ2n) is 4.31. The normalized spacial score (nSPS) is 12.1. The Morgan fingerprint density at radius 3 is 2.76 bits per heavy atom. The van der Waals surface area contributed by atoms with Gasteiger partial charge in [0.15, 0.2) is 0 Å². The van der Waals surface area contributed by atoms with Crippen molar-refractivity contribution in [3.63, 3.8) is 0 Å². The molecule has 1 aromatic carbocycles. The highest BCUT2D eigenvalue weighted by molar-refractivity contribution is 5.90. The van der Waals surface area contributed by atoms with Crippen LogP contribution < -0.4 is 4.74 Å². The molecular formula is C14H20O3. The monoisotopic (exact) mass is 236 g/mol. The molecule has 0 aromatic heterocycles. The molecule has 0 saturated carbocycles. The summed E-state index contributed by atoms with van der Waals surface area (Å²) in [6.07, 6.45) is 3.25. The van der Waals surface area contributed by atoms with E-state index in [4.69, 9.17) is 9.84 Å². The van der Waals surface area contributed by atoms with Gasteiger partial charge in [-0.25, -0.2) is 4.79 Å². The summed E-state index contributed by atoms with van der Waals surface area (Å²) in [5.41, 5.74) is 0.232. The number of aromatic carboxylic acids is 1. The molecule has 0 saturated heterocycles. The first-order valence-corrected chi connectivity index (χ1v) is 6.10. The summed E-state index contributed by atoms with van der Waals surface area (Å²) >= 11 is 0. The van der Waals surface area contributed by atoms with Crippen LogP contribution in [0.1, 0.15) is 43.5 Å². The summed E-state index contributed by atoms with van der Waals surface area (Å²) in [5, 5.41) is 8.97. The lowest BCUT2D eigenvalue weighted by Gasteiger charge is -2.10. The zero-order chi connectivity index (χ0) is 12.7.